The van der Waals surface area contributed by atoms with Crippen molar-refractivity contribution >= 4 is 11.6 Å². The van der Waals surface area contributed by atoms with Crippen LogP contribution in [-0.4, -0.2) is 5.38 Å². The quantitative estimate of drug-likeness (QED) is 0.427. The monoisotopic (exact) mass is 158 g/mol. The fourth-order valence-corrected chi connectivity index (χ4v) is 1.90. The SMILES string of the molecule is C=C[C@H](Cl)C1CCCCC1. The molecule has 0 nitrogen and oxygen atoms in total. The summed E-state index contributed by atoms with van der Waals surface area (Å²) < 4.78 is 0. The Morgan fingerprint density at radius 3 is 2.40 bits per heavy atom. The fourth-order valence-electron chi connectivity index (χ4n) is 1.65. The summed E-state index contributed by atoms with van der Waals surface area (Å²) in [5, 5.41) is 0.222. The summed E-state index contributed by atoms with van der Waals surface area (Å²) in [5.41, 5.74) is 0. The summed E-state index contributed by atoms with van der Waals surface area (Å²) in [4.78, 5) is 0. The van der Waals surface area contributed by atoms with E-state index in [4.69, 9.17) is 11.6 Å². The molecule has 58 valence electrons. The van der Waals surface area contributed by atoms with E-state index in [-0.39, 0.29) is 5.38 Å². The minimum absolute atomic E-state index is 0.222. The maximum absolute atomic E-state index is 6.03. The Balaban J connectivity index is 2.30. The summed E-state index contributed by atoms with van der Waals surface area (Å²) in [6.45, 7) is 3.70. The van der Waals surface area contributed by atoms with Crippen molar-refractivity contribution in [2.45, 2.75) is 37.5 Å². The van der Waals surface area contributed by atoms with Crippen molar-refractivity contribution in [1.29, 1.82) is 0 Å². The Bertz CT molecular complexity index is 103. The zero-order valence-electron chi connectivity index (χ0n) is 6.35. The summed E-state index contributed by atoms with van der Waals surface area (Å²) in [7, 11) is 0. The standard InChI is InChI=1S/C9H15Cl/c1-2-9(10)8-6-4-3-5-7-8/h2,8-9H,1,3-7H2/t9-/m0/s1. The lowest BCUT2D eigenvalue weighted by Gasteiger charge is -2.23. The highest BCUT2D eigenvalue weighted by molar-refractivity contribution is 6.21. The summed E-state index contributed by atoms with van der Waals surface area (Å²) in [5.74, 6) is 0.716. The second-order valence-electron chi connectivity index (χ2n) is 3.08. The summed E-state index contributed by atoms with van der Waals surface area (Å²) in [6, 6.07) is 0. The Labute approximate surface area is 68.3 Å². The molecule has 0 radical (unpaired) electrons. The topological polar surface area (TPSA) is 0 Å². The van der Waals surface area contributed by atoms with E-state index in [0.717, 1.165) is 0 Å². The fraction of sp³-hybridized carbons (Fsp3) is 0.778. The van der Waals surface area contributed by atoms with E-state index in [1.165, 1.54) is 32.1 Å². The van der Waals surface area contributed by atoms with Crippen molar-refractivity contribution < 1.29 is 0 Å². The summed E-state index contributed by atoms with van der Waals surface area (Å²) >= 11 is 6.03. The molecule has 0 aliphatic heterocycles. The van der Waals surface area contributed by atoms with E-state index >= 15 is 0 Å². The van der Waals surface area contributed by atoms with Crippen LogP contribution in [0.2, 0.25) is 0 Å². The average molecular weight is 159 g/mol. The largest absolute Gasteiger partial charge is 0.118 e. The molecule has 1 saturated carbocycles. The molecule has 0 unspecified atom stereocenters. The third-order valence-electron chi connectivity index (χ3n) is 2.33. The highest BCUT2D eigenvalue weighted by Crippen LogP contribution is 2.29. The van der Waals surface area contributed by atoms with Crippen LogP contribution in [0.5, 0.6) is 0 Å². The van der Waals surface area contributed by atoms with E-state index < -0.39 is 0 Å². The third kappa shape index (κ3) is 2.02. The molecule has 0 bridgehead atoms. The van der Waals surface area contributed by atoms with Crippen molar-refractivity contribution in [2.75, 3.05) is 0 Å². The van der Waals surface area contributed by atoms with Crippen molar-refractivity contribution in [3.8, 4) is 0 Å². The van der Waals surface area contributed by atoms with Crippen LogP contribution in [-0.2, 0) is 0 Å². The lowest BCUT2D eigenvalue weighted by molar-refractivity contribution is 0.365. The van der Waals surface area contributed by atoms with Gasteiger partial charge in [0.2, 0.25) is 0 Å². The molecule has 10 heavy (non-hydrogen) atoms. The summed E-state index contributed by atoms with van der Waals surface area (Å²) in [6.07, 6.45) is 8.61. The molecule has 0 amide bonds. The molecule has 1 rings (SSSR count). The highest BCUT2D eigenvalue weighted by atomic mass is 35.5. The van der Waals surface area contributed by atoms with Crippen LogP contribution in [0.1, 0.15) is 32.1 Å². The van der Waals surface area contributed by atoms with Crippen LogP contribution >= 0.6 is 11.6 Å². The molecule has 0 aromatic heterocycles. The first kappa shape index (κ1) is 8.13. The molecular formula is C9H15Cl. The zero-order valence-corrected chi connectivity index (χ0v) is 7.11. The third-order valence-corrected chi connectivity index (χ3v) is 2.86. The zero-order chi connectivity index (χ0) is 7.40. The molecule has 1 aliphatic carbocycles. The number of halogens is 1. The van der Waals surface area contributed by atoms with Crippen molar-refractivity contribution in [3.63, 3.8) is 0 Å². The molecule has 1 atom stereocenters. The van der Waals surface area contributed by atoms with Gasteiger partial charge in [-0.3, -0.25) is 0 Å². The molecule has 0 aromatic rings. The van der Waals surface area contributed by atoms with Crippen LogP contribution in [0.4, 0.5) is 0 Å². The van der Waals surface area contributed by atoms with Gasteiger partial charge in [-0.2, -0.15) is 0 Å². The van der Waals surface area contributed by atoms with Gasteiger partial charge in [0.05, 0.1) is 5.38 Å². The van der Waals surface area contributed by atoms with E-state index in [1.54, 1.807) is 0 Å². The number of alkyl halides is 1. The Morgan fingerprint density at radius 2 is 1.90 bits per heavy atom. The predicted octanol–water partition coefficient (Wildman–Crippen LogP) is 3.36. The Morgan fingerprint density at radius 1 is 1.30 bits per heavy atom. The number of hydrogen-bond donors (Lipinski definition) is 0. The lowest BCUT2D eigenvalue weighted by atomic mass is 9.87. The van der Waals surface area contributed by atoms with Crippen LogP contribution < -0.4 is 0 Å². The first-order chi connectivity index (χ1) is 4.84. The van der Waals surface area contributed by atoms with Gasteiger partial charge in [-0.05, 0) is 18.8 Å². The van der Waals surface area contributed by atoms with Gasteiger partial charge >= 0.3 is 0 Å². The van der Waals surface area contributed by atoms with Gasteiger partial charge in [0, 0.05) is 0 Å². The molecule has 0 spiro atoms. The van der Waals surface area contributed by atoms with Crippen LogP contribution in [0, 0.1) is 5.92 Å². The maximum atomic E-state index is 6.03. The molecular weight excluding hydrogens is 144 g/mol. The van der Waals surface area contributed by atoms with E-state index in [2.05, 4.69) is 6.58 Å². The predicted molar refractivity (Wildman–Crippen MR) is 46.4 cm³/mol. The molecule has 0 aromatic carbocycles. The van der Waals surface area contributed by atoms with Gasteiger partial charge in [0.25, 0.3) is 0 Å². The highest BCUT2D eigenvalue weighted by Gasteiger charge is 2.18. The van der Waals surface area contributed by atoms with Gasteiger partial charge in [-0.25, -0.2) is 0 Å². The second kappa shape index (κ2) is 4.02. The minimum Gasteiger partial charge on any atom is -0.118 e. The molecule has 0 N–H and O–H groups in total. The van der Waals surface area contributed by atoms with Crippen LogP contribution in [0.15, 0.2) is 12.7 Å². The average Bonchev–Trinajstić information content (AvgIpc) is 2.05. The van der Waals surface area contributed by atoms with Gasteiger partial charge < -0.3 is 0 Å². The van der Waals surface area contributed by atoms with Crippen LogP contribution in [0.3, 0.4) is 0 Å². The van der Waals surface area contributed by atoms with Crippen molar-refractivity contribution in [1.82, 2.24) is 0 Å². The first-order valence-corrected chi connectivity index (χ1v) is 4.55. The normalized spacial score (nSPS) is 24.1. The Hall–Kier alpha value is 0.0300. The number of hydrogen-bond acceptors (Lipinski definition) is 0. The minimum atomic E-state index is 0.222. The van der Waals surface area contributed by atoms with Gasteiger partial charge in [0.15, 0.2) is 0 Å². The van der Waals surface area contributed by atoms with Crippen molar-refractivity contribution in [3.05, 3.63) is 12.7 Å². The number of rotatable bonds is 2. The first-order valence-electron chi connectivity index (χ1n) is 4.11. The molecule has 1 aliphatic rings. The second-order valence-corrected chi connectivity index (χ2v) is 3.58. The van der Waals surface area contributed by atoms with Gasteiger partial charge in [0.1, 0.15) is 0 Å². The van der Waals surface area contributed by atoms with Crippen LogP contribution in [0.25, 0.3) is 0 Å². The van der Waals surface area contributed by atoms with E-state index in [1.807, 2.05) is 6.08 Å². The van der Waals surface area contributed by atoms with E-state index in [0.29, 0.717) is 5.92 Å². The lowest BCUT2D eigenvalue weighted by Crippen LogP contribution is -2.15. The molecule has 0 heterocycles. The smallest absolute Gasteiger partial charge is 0.0541 e. The molecule has 0 saturated heterocycles. The maximum Gasteiger partial charge on any atom is 0.0541 e. The molecule has 1 fully saturated rings. The number of allylic oxidation sites excluding steroid dienone is 1. The Kier molecular flexibility index (Phi) is 3.27. The van der Waals surface area contributed by atoms with E-state index in [9.17, 15) is 0 Å². The van der Waals surface area contributed by atoms with Gasteiger partial charge in [-0.1, -0.05) is 25.3 Å². The van der Waals surface area contributed by atoms with Crippen molar-refractivity contribution in [2.24, 2.45) is 5.92 Å². The van der Waals surface area contributed by atoms with Gasteiger partial charge in [-0.15, -0.1) is 18.2 Å². The molecule has 1 heteroatoms.